The van der Waals surface area contributed by atoms with E-state index in [2.05, 4.69) is 0 Å². The Balaban J connectivity index is 0. The van der Waals surface area contributed by atoms with Crippen LogP contribution in [0.25, 0.3) is 0 Å². The molecule has 0 saturated carbocycles. The second kappa shape index (κ2) is 8.83. The van der Waals surface area contributed by atoms with E-state index >= 15 is 0 Å². The molecule has 5 heavy (non-hydrogen) atoms. The van der Waals surface area contributed by atoms with Crippen LogP contribution >= 0.6 is 0 Å². The largest absolute Gasteiger partial charge is 0.394 e. The molecule has 0 radical (unpaired) electrons. The van der Waals surface area contributed by atoms with Gasteiger partial charge < -0.3 is 10.2 Å². The minimum absolute atomic E-state index is 0. The molecule has 36 valence electrons. The zero-order chi connectivity index (χ0) is 3.41. The van der Waals surface area contributed by atoms with Crippen molar-refractivity contribution in [3.63, 3.8) is 0 Å². The van der Waals surface area contributed by atoms with Crippen LogP contribution in [-0.2, 0) is 16.5 Å². The van der Waals surface area contributed by atoms with Gasteiger partial charge in [-0.05, 0) is 0 Å². The Hall–Kier alpha value is 0.414. The molecule has 3 heteroatoms. The maximum Gasteiger partial charge on any atom is 0.0662 e. The quantitative estimate of drug-likeness (QED) is 0.435. The number of rotatable bonds is 1. The molecule has 0 aromatic carbocycles. The third-order valence-electron chi connectivity index (χ3n) is 0.1000. The van der Waals surface area contributed by atoms with Crippen molar-refractivity contribution in [1.82, 2.24) is 0 Å². The van der Waals surface area contributed by atoms with Gasteiger partial charge in [-0.1, -0.05) is 0 Å². The van der Waals surface area contributed by atoms with Crippen LogP contribution in [0.2, 0.25) is 0 Å². The Morgan fingerprint density at radius 3 is 1.20 bits per heavy atom. The number of aliphatic hydroxyl groups is 2. The maximum atomic E-state index is 7.62. The molecule has 0 aromatic rings. The summed E-state index contributed by atoms with van der Waals surface area (Å²) in [6.45, 7) is -0.250. The standard InChI is InChI=1S/C2H6O2.Ni/c3-1-2-4;/h3-4H,1-2H2;. The third-order valence-corrected chi connectivity index (χ3v) is 0.1000. The van der Waals surface area contributed by atoms with Gasteiger partial charge in [0.05, 0.1) is 13.2 Å². The molecule has 0 fully saturated rings. The first-order valence-corrected chi connectivity index (χ1v) is 1.13. The van der Waals surface area contributed by atoms with E-state index in [4.69, 9.17) is 10.2 Å². The fourth-order valence-electron chi connectivity index (χ4n) is 0. The van der Waals surface area contributed by atoms with Gasteiger partial charge in [0.1, 0.15) is 0 Å². The summed E-state index contributed by atoms with van der Waals surface area (Å²) in [6, 6.07) is 0. The van der Waals surface area contributed by atoms with E-state index in [1.165, 1.54) is 0 Å². The first kappa shape index (κ1) is 9.05. The molecule has 0 unspecified atom stereocenters. The van der Waals surface area contributed by atoms with Crippen molar-refractivity contribution in [2.75, 3.05) is 13.2 Å². The van der Waals surface area contributed by atoms with Crippen molar-refractivity contribution in [3.05, 3.63) is 0 Å². The van der Waals surface area contributed by atoms with Crippen LogP contribution in [0.5, 0.6) is 0 Å². The van der Waals surface area contributed by atoms with Crippen LogP contribution in [0.4, 0.5) is 0 Å². The molecular formula is C2H6NiO2. The van der Waals surface area contributed by atoms with Crippen molar-refractivity contribution >= 4 is 0 Å². The Kier molecular flexibility index (Phi) is 16.0. The van der Waals surface area contributed by atoms with Crippen molar-refractivity contribution in [1.29, 1.82) is 0 Å². The second-order valence-corrected chi connectivity index (χ2v) is 0.447. The summed E-state index contributed by atoms with van der Waals surface area (Å²) >= 11 is 0. The summed E-state index contributed by atoms with van der Waals surface area (Å²) in [6.07, 6.45) is 0. The summed E-state index contributed by atoms with van der Waals surface area (Å²) in [5, 5.41) is 15.2. The van der Waals surface area contributed by atoms with E-state index in [0.29, 0.717) is 0 Å². The van der Waals surface area contributed by atoms with Gasteiger partial charge in [0, 0.05) is 16.5 Å². The third kappa shape index (κ3) is 12.9. The molecule has 0 aliphatic carbocycles. The summed E-state index contributed by atoms with van der Waals surface area (Å²) in [7, 11) is 0. The van der Waals surface area contributed by atoms with E-state index in [9.17, 15) is 0 Å². The topological polar surface area (TPSA) is 40.5 Å². The Bertz CT molecular complexity index is 9.61. The molecule has 2 N–H and O–H groups in total. The van der Waals surface area contributed by atoms with Crippen LogP contribution < -0.4 is 0 Å². The Morgan fingerprint density at radius 2 is 1.20 bits per heavy atom. The van der Waals surface area contributed by atoms with Crippen LogP contribution in [-0.4, -0.2) is 23.4 Å². The molecule has 0 aliphatic heterocycles. The van der Waals surface area contributed by atoms with Gasteiger partial charge in [0.2, 0.25) is 0 Å². The monoisotopic (exact) mass is 120 g/mol. The van der Waals surface area contributed by atoms with E-state index in [-0.39, 0.29) is 29.7 Å². The molecule has 0 heterocycles. The van der Waals surface area contributed by atoms with Crippen LogP contribution in [0.1, 0.15) is 0 Å². The first-order chi connectivity index (χ1) is 1.91. The van der Waals surface area contributed by atoms with E-state index in [1.807, 2.05) is 0 Å². The predicted octanol–water partition coefficient (Wildman–Crippen LogP) is -1.03. The Labute approximate surface area is 40.7 Å². The fourth-order valence-corrected chi connectivity index (χ4v) is 0. The number of hydrogen-bond donors (Lipinski definition) is 2. The van der Waals surface area contributed by atoms with Gasteiger partial charge in [-0.3, -0.25) is 0 Å². The van der Waals surface area contributed by atoms with Gasteiger partial charge in [-0.15, -0.1) is 0 Å². The average molecular weight is 121 g/mol. The predicted molar refractivity (Wildman–Crippen MR) is 14.2 cm³/mol. The Morgan fingerprint density at radius 1 is 1.00 bits per heavy atom. The fraction of sp³-hybridized carbons (Fsp3) is 1.00. The molecule has 0 rings (SSSR count). The van der Waals surface area contributed by atoms with Crippen molar-refractivity contribution in [2.24, 2.45) is 0 Å². The van der Waals surface area contributed by atoms with Crippen molar-refractivity contribution in [2.45, 2.75) is 0 Å². The number of aliphatic hydroxyl groups excluding tert-OH is 2. The summed E-state index contributed by atoms with van der Waals surface area (Å²) in [5.41, 5.74) is 0. The molecule has 0 amide bonds. The van der Waals surface area contributed by atoms with Crippen LogP contribution in [0.15, 0.2) is 0 Å². The summed E-state index contributed by atoms with van der Waals surface area (Å²) in [4.78, 5) is 0. The van der Waals surface area contributed by atoms with E-state index < -0.39 is 0 Å². The SMILES string of the molecule is OCCO.[Ni]. The normalized spacial score (nSPS) is 6.00. The average Bonchev–Trinajstić information content (AvgIpc) is 1.37. The molecule has 2 nitrogen and oxygen atoms in total. The van der Waals surface area contributed by atoms with E-state index in [1.54, 1.807) is 0 Å². The summed E-state index contributed by atoms with van der Waals surface area (Å²) in [5.74, 6) is 0. The van der Waals surface area contributed by atoms with Crippen molar-refractivity contribution in [3.8, 4) is 0 Å². The molecule has 0 bridgehead atoms. The van der Waals surface area contributed by atoms with E-state index in [0.717, 1.165) is 0 Å². The number of hydrogen-bond acceptors (Lipinski definition) is 2. The smallest absolute Gasteiger partial charge is 0.0662 e. The second-order valence-electron chi connectivity index (χ2n) is 0.447. The van der Waals surface area contributed by atoms with Gasteiger partial charge in [-0.25, -0.2) is 0 Å². The zero-order valence-electron chi connectivity index (χ0n) is 2.62. The first-order valence-electron chi connectivity index (χ1n) is 1.13. The molecule has 0 spiro atoms. The van der Waals surface area contributed by atoms with Gasteiger partial charge >= 0.3 is 0 Å². The zero-order valence-corrected chi connectivity index (χ0v) is 3.61. The van der Waals surface area contributed by atoms with Gasteiger partial charge in [0.15, 0.2) is 0 Å². The molecular weight excluding hydrogens is 115 g/mol. The molecule has 0 atom stereocenters. The minimum atomic E-state index is -0.125. The molecule has 0 saturated heterocycles. The summed E-state index contributed by atoms with van der Waals surface area (Å²) < 4.78 is 0. The van der Waals surface area contributed by atoms with Crippen LogP contribution in [0, 0.1) is 0 Å². The van der Waals surface area contributed by atoms with Crippen LogP contribution in [0.3, 0.4) is 0 Å². The van der Waals surface area contributed by atoms with Gasteiger partial charge in [-0.2, -0.15) is 0 Å². The minimum Gasteiger partial charge on any atom is -0.394 e. The molecule has 0 aliphatic rings. The molecule has 0 aromatic heterocycles. The maximum absolute atomic E-state index is 7.62. The van der Waals surface area contributed by atoms with Gasteiger partial charge in [0.25, 0.3) is 0 Å². The van der Waals surface area contributed by atoms with Crippen molar-refractivity contribution < 1.29 is 26.7 Å².